The van der Waals surface area contributed by atoms with Crippen molar-refractivity contribution in [1.29, 1.82) is 0 Å². The van der Waals surface area contributed by atoms with Crippen molar-refractivity contribution in [3.05, 3.63) is 72.1 Å². The lowest BCUT2D eigenvalue weighted by atomic mass is 10.0. The van der Waals surface area contributed by atoms with Crippen molar-refractivity contribution in [2.24, 2.45) is 0 Å². The molecular weight excluding hydrogens is 396 g/mol. The van der Waals surface area contributed by atoms with Crippen molar-refractivity contribution >= 4 is 22.8 Å². The molecule has 0 fully saturated rings. The molecule has 2 N–H and O–H groups in total. The Morgan fingerprint density at radius 2 is 1.84 bits per heavy atom. The number of nitrogens with one attached hydrogen (secondary N) is 1. The van der Waals surface area contributed by atoms with Gasteiger partial charge >= 0.3 is 12.1 Å². The summed E-state index contributed by atoms with van der Waals surface area (Å²) in [6, 6.07) is 14.3. The van der Waals surface area contributed by atoms with Crippen LogP contribution in [-0.2, 0) is 11.2 Å². The number of hydrogen-bond donors (Lipinski definition) is 2. The van der Waals surface area contributed by atoms with Gasteiger partial charge in [0.2, 0.25) is 0 Å². The number of alkyl carbamates (subject to hydrolysis) is 1. The van der Waals surface area contributed by atoms with Crippen molar-refractivity contribution in [3.63, 3.8) is 0 Å². The van der Waals surface area contributed by atoms with E-state index in [0.29, 0.717) is 17.2 Å². The van der Waals surface area contributed by atoms with E-state index >= 15 is 0 Å². The Morgan fingerprint density at radius 3 is 2.52 bits per heavy atom. The van der Waals surface area contributed by atoms with E-state index in [1.807, 2.05) is 30.3 Å². The molecule has 7 heteroatoms. The topological polar surface area (TPSA) is 97.8 Å². The molecule has 162 valence electrons. The molecule has 3 rings (SSSR count). The van der Waals surface area contributed by atoms with Crippen molar-refractivity contribution in [1.82, 2.24) is 10.3 Å². The highest BCUT2D eigenvalue weighted by Crippen LogP contribution is 2.28. The minimum absolute atomic E-state index is 0.0654. The number of carbonyl (C=O) groups is 2. The molecule has 3 aromatic rings. The summed E-state index contributed by atoms with van der Waals surface area (Å²) in [6.45, 7) is 5.44. The second-order valence-electron chi connectivity index (χ2n) is 8.18. The predicted octanol–water partition coefficient (Wildman–Crippen LogP) is 4.45. The lowest BCUT2D eigenvalue weighted by Gasteiger charge is -2.24. The number of carbonyl (C=O) groups excluding carboxylic acids is 1. The van der Waals surface area contributed by atoms with Crippen LogP contribution in [0.15, 0.2) is 60.9 Å². The van der Waals surface area contributed by atoms with Crippen LogP contribution in [0, 0.1) is 0 Å². The molecule has 0 spiro atoms. The van der Waals surface area contributed by atoms with Gasteiger partial charge in [0.05, 0.1) is 6.04 Å². The first-order chi connectivity index (χ1) is 14.7. The third kappa shape index (κ3) is 6.18. The number of aromatic carboxylic acids is 1. The highest BCUT2D eigenvalue weighted by Gasteiger charge is 2.22. The highest BCUT2D eigenvalue weighted by atomic mass is 16.6. The molecule has 0 saturated carbocycles. The number of rotatable bonds is 7. The SMILES string of the molecule is CC(C)(C)OC(=O)N[C@@H](COc1ccc2cnccc2c1C(=O)O)Cc1ccccc1. The number of ether oxygens (including phenoxy) is 2. The molecule has 0 aliphatic carbocycles. The van der Waals surface area contributed by atoms with E-state index in [1.165, 1.54) is 0 Å². The summed E-state index contributed by atoms with van der Waals surface area (Å²) < 4.78 is 11.3. The van der Waals surface area contributed by atoms with E-state index in [1.54, 1.807) is 51.4 Å². The molecule has 0 aliphatic heterocycles. The molecule has 1 aromatic heterocycles. The van der Waals surface area contributed by atoms with E-state index < -0.39 is 23.7 Å². The first kappa shape index (κ1) is 22.1. The number of pyridine rings is 1. The number of aromatic nitrogens is 1. The van der Waals surface area contributed by atoms with E-state index in [9.17, 15) is 14.7 Å². The summed E-state index contributed by atoms with van der Waals surface area (Å²) in [5.74, 6) is -0.859. The zero-order valence-corrected chi connectivity index (χ0v) is 17.8. The lowest BCUT2D eigenvalue weighted by Crippen LogP contribution is -2.43. The smallest absolute Gasteiger partial charge is 0.408 e. The fourth-order valence-electron chi connectivity index (χ4n) is 3.20. The molecule has 0 saturated heterocycles. The van der Waals surface area contributed by atoms with Gasteiger partial charge in [0, 0.05) is 23.2 Å². The first-order valence-electron chi connectivity index (χ1n) is 9.99. The molecule has 1 amide bonds. The summed E-state index contributed by atoms with van der Waals surface area (Å²) in [4.78, 5) is 28.3. The Kier molecular flexibility index (Phi) is 6.74. The van der Waals surface area contributed by atoms with Crippen molar-refractivity contribution in [3.8, 4) is 5.75 Å². The number of benzene rings is 2. The maximum absolute atomic E-state index is 12.3. The Bertz CT molecular complexity index is 1060. The van der Waals surface area contributed by atoms with Gasteiger partial charge in [-0.3, -0.25) is 4.98 Å². The molecule has 0 bridgehead atoms. The van der Waals surface area contributed by atoms with Crippen molar-refractivity contribution in [2.45, 2.75) is 38.8 Å². The number of amides is 1. The van der Waals surface area contributed by atoms with Gasteiger partial charge in [-0.25, -0.2) is 9.59 Å². The van der Waals surface area contributed by atoms with Crippen molar-refractivity contribution in [2.75, 3.05) is 6.61 Å². The third-order valence-corrected chi connectivity index (χ3v) is 4.48. The number of carboxylic acids is 1. The van der Waals surface area contributed by atoms with E-state index in [2.05, 4.69) is 10.3 Å². The molecule has 1 heterocycles. The predicted molar refractivity (Wildman–Crippen MR) is 118 cm³/mol. The van der Waals surface area contributed by atoms with Gasteiger partial charge in [-0.15, -0.1) is 0 Å². The molecule has 7 nitrogen and oxygen atoms in total. The van der Waals surface area contributed by atoms with Crippen LogP contribution in [0.3, 0.4) is 0 Å². The summed E-state index contributed by atoms with van der Waals surface area (Å²) in [5, 5.41) is 13.8. The van der Waals surface area contributed by atoms with Crippen LogP contribution < -0.4 is 10.1 Å². The largest absolute Gasteiger partial charge is 0.491 e. The van der Waals surface area contributed by atoms with Crippen molar-refractivity contribution < 1.29 is 24.2 Å². The molecule has 2 aromatic carbocycles. The zero-order chi connectivity index (χ0) is 22.4. The third-order valence-electron chi connectivity index (χ3n) is 4.48. The van der Waals surface area contributed by atoms with Gasteiger partial charge in [-0.05, 0) is 51.0 Å². The summed E-state index contributed by atoms with van der Waals surface area (Å²) >= 11 is 0. The van der Waals surface area contributed by atoms with Crippen LogP contribution in [-0.4, -0.2) is 40.4 Å². The van der Waals surface area contributed by atoms with Crippen LogP contribution in [0.2, 0.25) is 0 Å². The minimum Gasteiger partial charge on any atom is -0.491 e. The molecule has 1 atom stereocenters. The van der Waals surface area contributed by atoms with Gasteiger partial charge in [0.1, 0.15) is 23.5 Å². The summed E-state index contributed by atoms with van der Waals surface area (Å²) in [5.41, 5.74) is 0.441. The van der Waals surface area contributed by atoms with Gasteiger partial charge in [-0.2, -0.15) is 0 Å². The number of nitrogens with zero attached hydrogens (tertiary/aromatic N) is 1. The molecule has 31 heavy (non-hydrogen) atoms. The monoisotopic (exact) mass is 422 g/mol. The van der Waals surface area contributed by atoms with Gasteiger partial charge in [0.15, 0.2) is 0 Å². The Balaban J connectivity index is 1.81. The normalized spacial score (nSPS) is 12.2. The van der Waals surface area contributed by atoms with Crippen LogP contribution in [0.5, 0.6) is 5.75 Å². The Labute approximate surface area is 181 Å². The maximum atomic E-state index is 12.3. The Hall–Kier alpha value is -3.61. The molecule has 0 radical (unpaired) electrons. The molecule has 0 unspecified atom stereocenters. The minimum atomic E-state index is -1.09. The molecular formula is C24H26N2O5. The van der Waals surface area contributed by atoms with Gasteiger partial charge in [0.25, 0.3) is 0 Å². The second kappa shape index (κ2) is 9.47. The van der Waals surface area contributed by atoms with E-state index in [4.69, 9.17) is 9.47 Å². The fourth-order valence-corrected chi connectivity index (χ4v) is 3.20. The second-order valence-corrected chi connectivity index (χ2v) is 8.18. The van der Waals surface area contributed by atoms with Gasteiger partial charge < -0.3 is 19.9 Å². The average molecular weight is 422 g/mol. The summed E-state index contributed by atoms with van der Waals surface area (Å²) in [7, 11) is 0. The number of carboxylic acid groups (broad SMARTS) is 1. The average Bonchev–Trinajstić information content (AvgIpc) is 2.70. The van der Waals surface area contributed by atoms with Crippen LogP contribution in [0.25, 0.3) is 10.8 Å². The lowest BCUT2D eigenvalue weighted by molar-refractivity contribution is 0.0485. The summed E-state index contributed by atoms with van der Waals surface area (Å²) in [6.07, 6.45) is 3.09. The van der Waals surface area contributed by atoms with Crippen LogP contribution >= 0.6 is 0 Å². The maximum Gasteiger partial charge on any atom is 0.408 e. The van der Waals surface area contributed by atoms with E-state index in [-0.39, 0.29) is 17.9 Å². The number of fused-ring (bicyclic) bond motifs is 1. The van der Waals surface area contributed by atoms with Crippen LogP contribution in [0.1, 0.15) is 36.7 Å². The standard InChI is InChI=1S/C24H26N2O5/c1-24(2,3)31-23(29)26-18(13-16-7-5-4-6-8-16)15-30-20-10-9-17-14-25-12-11-19(17)21(20)22(27)28/h4-12,14,18H,13,15H2,1-3H3,(H,26,29)(H,27,28)/t18-/m1/s1. The Morgan fingerprint density at radius 1 is 1.10 bits per heavy atom. The van der Waals surface area contributed by atoms with E-state index in [0.717, 1.165) is 5.56 Å². The quantitative estimate of drug-likeness (QED) is 0.584. The zero-order valence-electron chi connectivity index (χ0n) is 17.8. The first-order valence-corrected chi connectivity index (χ1v) is 9.99. The fraction of sp³-hybridized carbons (Fsp3) is 0.292. The highest BCUT2D eigenvalue weighted by molar-refractivity contribution is 6.06. The number of hydrogen-bond acceptors (Lipinski definition) is 5. The van der Waals surface area contributed by atoms with Crippen LogP contribution in [0.4, 0.5) is 4.79 Å². The molecule has 0 aliphatic rings. The van der Waals surface area contributed by atoms with Gasteiger partial charge in [-0.1, -0.05) is 30.3 Å².